The maximum atomic E-state index is 12.8. The maximum absolute atomic E-state index is 12.8. The molecule has 2 atom stereocenters. The molecule has 0 aromatic heterocycles. The van der Waals surface area contributed by atoms with Gasteiger partial charge in [0.15, 0.2) is 0 Å². The zero-order chi connectivity index (χ0) is 23.1. The van der Waals surface area contributed by atoms with Gasteiger partial charge in [0.05, 0.1) is 18.0 Å². The molecule has 2 rings (SSSR count). The largest absolute Gasteiger partial charge is 0.480 e. The Balaban J connectivity index is 2.40. The van der Waals surface area contributed by atoms with E-state index in [4.69, 9.17) is 4.74 Å². The van der Waals surface area contributed by atoms with Crippen LogP contribution in [0.2, 0.25) is 0 Å². The van der Waals surface area contributed by atoms with Gasteiger partial charge in [-0.2, -0.15) is 0 Å². The lowest BCUT2D eigenvalue weighted by molar-refractivity contribution is -0.384. The number of nitrogens with one attached hydrogen (secondary N) is 1. The molecule has 164 valence electrons. The van der Waals surface area contributed by atoms with E-state index in [2.05, 4.69) is 5.32 Å². The molecule has 0 aliphatic heterocycles. The monoisotopic (exact) mass is 428 g/mol. The predicted octanol–water partition coefficient (Wildman–Crippen LogP) is 3.13. The number of hydrogen-bond acceptors (Lipinski definition) is 6. The fourth-order valence-electron chi connectivity index (χ4n) is 3.34. The Kier molecular flexibility index (Phi) is 7.84. The number of carboxylic acid groups (broad SMARTS) is 1. The maximum Gasteiger partial charge on any atom is 0.326 e. The standard InChI is InChI=1S/C22H24N2O7/c1-4-31-19(25)12-18(15-5-7-17(8-6-15)24(29)30)20(22(27)28)23-21(26)16-10-13(2)9-14(3)11-16/h5-11,18,20H,4,12H2,1-3H3,(H,23,26)(H,27,28)/t18-,20-/m0/s1. The summed E-state index contributed by atoms with van der Waals surface area (Å²) < 4.78 is 4.95. The number of ether oxygens (including phenoxy) is 1. The van der Waals surface area contributed by atoms with E-state index in [-0.39, 0.29) is 18.7 Å². The minimum atomic E-state index is -1.46. The third kappa shape index (κ3) is 6.36. The molecule has 2 N–H and O–H groups in total. The number of amides is 1. The topological polar surface area (TPSA) is 136 Å². The molecule has 0 saturated carbocycles. The number of aliphatic carboxylic acids is 1. The summed E-state index contributed by atoms with van der Waals surface area (Å²) in [6.45, 7) is 5.37. The van der Waals surface area contributed by atoms with Crippen molar-refractivity contribution in [2.24, 2.45) is 0 Å². The average Bonchev–Trinajstić information content (AvgIpc) is 2.69. The van der Waals surface area contributed by atoms with Crippen LogP contribution in [0.15, 0.2) is 42.5 Å². The quantitative estimate of drug-likeness (QED) is 0.356. The Hall–Kier alpha value is -3.75. The second kappa shape index (κ2) is 10.3. The molecule has 0 spiro atoms. The number of nitro benzene ring substituents is 1. The number of nitrogens with zero attached hydrogens (tertiary/aromatic N) is 1. The van der Waals surface area contributed by atoms with Crippen molar-refractivity contribution in [3.05, 3.63) is 74.8 Å². The molecule has 31 heavy (non-hydrogen) atoms. The first-order valence-electron chi connectivity index (χ1n) is 9.64. The second-order valence-corrected chi connectivity index (χ2v) is 7.13. The lowest BCUT2D eigenvalue weighted by atomic mass is 9.88. The Bertz CT molecular complexity index is 966. The predicted molar refractivity (Wildman–Crippen MR) is 112 cm³/mol. The van der Waals surface area contributed by atoms with Gasteiger partial charge >= 0.3 is 11.9 Å². The van der Waals surface area contributed by atoms with Gasteiger partial charge in [0, 0.05) is 23.6 Å². The highest BCUT2D eigenvalue weighted by atomic mass is 16.6. The van der Waals surface area contributed by atoms with E-state index in [1.54, 1.807) is 19.1 Å². The van der Waals surface area contributed by atoms with Crippen molar-refractivity contribution in [3.8, 4) is 0 Å². The van der Waals surface area contributed by atoms with Crippen LogP contribution in [0.25, 0.3) is 0 Å². The number of carbonyl (C=O) groups is 3. The van der Waals surface area contributed by atoms with E-state index < -0.39 is 34.7 Å². The molecule has 0 saturated heterocycles. The highest BCUT2D eigenvalue weighted by molar-refractivity contribution is 5.97. The Morgan fingerprint density at radius 2 is 1.68 bits per heavy atom. The third-order valence-electron chi connectivity index (χ3n) is 4.66. The van der Waals surface area contributed by atoms with Crippen LogP contribution in [0, 0.1) is 24.0 Å². The van der Waals surface area contributed by atoms with E-state index >= 15 is 0 Å². The van der Waals surface area contributed by atoms with Gasteiger partial charge < -0.3 is 15.2 Å². The van der Waals surface area contributed by atoms with Crippen molar-refractivity contribution < 1.29 is 29.2 Å². The van der Waals surface area contributed by atoms with Crippen molar-refractivity contribution in [3.63, 3.8) is 0 Å². The van der Waals surface area contributed by atoms with Crippen molar-refractivity contribution in [2.45, 2.75) is 39.2 Å². The summed E-state index contributed by atoms with van der Waals surface area (Å²) in [5.41, 5.74) is 2.16. The van der Waals surface area contributed by atoms with Crippen LogP contribution in [0.3, 0.4) is 0 Å². The number of hydrogen-bond donors (Lipinski definition) is 2. The minimum Gasteiger partial charge on any atom is -0.480 e. The van der Waals surface area contributed by atoms with E-state index in [0.717, 1.165) is 11.1 Å². The molecular formula is C22H24N2O7. The fraction of sp³-hybridized carbons (Fsp3) is 0.318. The molecule has 9 nitrogen and oxygen atoms in total. The first-order chi connectivity index (χ1) is 14.6. The number of rotatable bonds is 9. The molecule has 0 aliphatic rings. The lowest BCUT2D eigenvalue weighted by Gasteiger charge is -2.25. The van der Waals surface area contributed by atoms with E-state index in [1.165, 1.54) is 24.3 Å². The Labute approximate surface area is 179 Å². The summed E-state index contributed by atoms with van der Waals surface area (Å²) >= 11 is 0. The van der Waals surface area contributed by atoms with Crippen molar-refractivity contribution in [2.75, 3.05) is 6.61 Å². The van der Waals surface area contributed by atoms with Crippen molar-refractivity contribution >= 4 is 23.5 Å². The van der Waals surface area contributed by atoms with Crippen LogP contribution in [0.5, 0.6) is 0 Å². The number of benzene rings is 2. The Morgan fingerprint density at radius 1 is 1.10 bits per heavy atom. The van der Waals surface area contributed by atoms with Crippen molar-refractivity contribution in [1.82, 2.24) is 5.32 Å². The lowest BCUT2D eigenvalue weighted by Crippen LogP contribution is -2.45. The Morgan fingerprint density at radius 3 is 2.16 bits per heavy atom. The highest BCUT2D eigenvalue weighted by Gasteiger charge is 2.33. The molecule has 0 heterocycles. The number of carbonyl (C=O) groups excluding carboxylic acids is 2. The summed E-state index contributed by atoms with van der Waals surface area (Å²) in [5, 5.41) is 23.2. The fourth-order valence-corrected chi connectivity index (χ4v) is 3.34. The van der Waals surface area contributed by atoms with Gasteiger partial charge in [-0.3, -0.25) is 19.7 Å². The van der Waals surface area contributed by atoms with Gasteiger partial charge in [0.2, 0.25) is 0 Å². The van der Waals surface area contributed by atoms with Gasteiger partial charge in [0.1, 0.15) is 6.04 Å². The van der Waals surface area contributed by atoms with Gasteiger partial charge in [0.25, 0.3) is 11.6 Å². The van der Waals surface area contributed by atoms with Crippen LogP contribution in [-0.2, 0) is 14.3 Å². The molecule has 0 aliphatic carbocycles. The van der Waals surface area contributed by atoms with Crippen LogP contribution in [0.4, 0.5) is 5.69 Å². The molecule has 1 amide bonds. The van der Waals surface area contributed by atoms with Gasteiger partial charge in [-0.05, 0) is 38.5 Å². The number of aryl methyl sites for hydroxylation is 2. The van der Waals surface area contributed by atoms with Crippen molar-refractivity contribution in [1.29, 1.82) is 0 Å². The minimum absolute atomic E-state index is 0.110. The van der Waals surface area contributed by atoms with Crippen LogP contribution >= 0.6 is 0 Å². The van der Waals surface area contributed by atoms with Crippen LogP contribution < -0.4 is 5.32 Å². The number of nitro groups is 1. The molecule has 0 radical (unpaired) electrons. The molecule has 0 bridgehead atoms. The van der Waals surface area contributed by atoms with Crippen LogP contribution in [0.1, 0.15) is 46.3 Å². The van der Waals surface area contributed by atoms with Gasteiger partial charge in [-0.25, -0.2) is 4.79 Å². The number of non-ortho nitro benzene ring substituents is 1. The third-order valence-corrected chi connectivity index (χ3v) is 4.66. The van der Waals surface area contributed by atoms with Gasteiger partial charge in [-0.1, -0.05) is 29.3 Å². The summed E-state index contributed by atoms with van der Waals surface area (Å²) in [6.07, 6.45) is -0.324. The smallest absolute Gasteiger partial charge is 0.326 e. The first kappa shape index (κ1) is 23.5. The highest BCUT2D eigenvalue weighted by Crippen LogP contribution is 2.27. The average molecular weight is 428 g/mol. The zero-order valence-electron chi connectivity index (χ0n) is 17.5. The number of carboxylic acids is 1. The van der Waals surface area contributed by atoms with Gasteiger partial charge in [-0.15, -0.1) is 0 Å². The zero-order valence-corrected chi connectivity index (χ0v) is 17.5. The van der Waals surface area contributed by atoms with E-state index in [1.807, 2.05) is 19.9 Å². The number of esters is 1. The molecular weight excluding hydrogens is 404 g/mol. The first-order valence-corrected chi connectivity index (χ1v) is 9.64. The summed E-state index contributed by atoms with van der Waals surface area (Å²) in [5.74, 6) is -3.58. The van der Waals surface area contributed by atoms with E-state index in [0.29, 0.717) is 11.1 Å². The molecule has 0 fully saturated rings. The summed E-state index contributed by atoms with van der Waals surface area (Å²) in [4.78, 5) is 47.3. The summed E-state index contributed by atoms with van der Waals surface area (Å²) in [7, 11) is 0. The normalized spacial score (nSPS) is 12.5. The SMILES string of the molecule is CCOC(=O)C[C@@H](c1ccc([N+](=O)[O-])cc1)[C@H](NC(=O)c1cc(C)cc(C)c1)C(=O)O. The summed E-state index contributed by atoms with van der Waals surface area (Å²) in [6, 6.07) is 8.88. The van der Waals surface area contributed by atoms with E-state index in [9.17, 15) is 29.6 Å². The molecule has 9 heteroatoms. The molecule has 2 aromatic rings. The molecule has 0 unspecified atom stereocenters. The second-order valence-electron chi connectivity index (χ2n) is 7.13. The molecule has 2 aromatic carbocycles. The van der Waals surface area contributed by atoms with Crippen LogP contribution in [-0.4, -0.2) is 40.5 Å².